The highest BCUT2D eigenvalue weighted by Gasteiger charge is 2.20. The summed E-state index contributed by atoms with van der Waals surface area (Å²) < 4.78 is 10.6. The first-order chi connectivity index (χ1) is 10.8. The topological polar surface area (TPSA) is 52.6 Å². The highest BCUT2D eigenvalue weighted by Crippen LogP contribution is 2.14. The number of thiol groups is 2. The molecule has 0 heterocycles. The Hall–Kier alpha value is -0.360. The minimum atomic E-state index is -0.791. The number of unbranched alkanes of at least 4 members (excludes halogenated alkanes) is 5. The summed E-state index contributed by atoms with van der Waals surface area (Å²) in [5.74, 6) is -0.759. The molecule has 0 aromatic rings. The van der Waals surface area contributed by atoms with E-state index in [1.807, 2.05) is 13.8 Å². The Labute approximate surface area is 151 Å². The van der Waals surface area contributed by atoms with Gasteiger partial charge in [-0.05, 0) is 6.42 Å². The maximum absolute atomic E-state index is 11.8. The van der Waals surface area contributed by atoms with Gasteiger partial charge >= 0.3 is 11.9 Å². The van der Waals surface area contributed by atoms with Gasteiger partial charge in [0.15, 0.2) is 0 Å². The second kappa shape index (κ2) is 14.0. The molecule has 0 saturated carbocycles. The highest BCUT2D eigenvalue weighted by atomic mass is 32.1. The van der Waals surface area contributed by atoms with E-state index in [1.165, 1.54) is 19.3 Å². The van der Waals surface area contributed by atoms with E-state index in [2.05, 4.69) is 32.2 Å². The average molecular weight is 365 g/mol. The second-order valence-electron chi connectivity index (χ2n) is 6.07. The Bertz CT molecular complexity index is 309. The van der Waals surface area contributed by atoms with Gasteiger partial charge < -0.3 is 9.47 Å². The summed E-state index contributed by atoms with van der Waals surface area (Å²) in [4.78, 5) is 23.5. The Balaban J connectivity index is 4.25. The molecule has 0 spiro atoms. The van der Waals surface area contributed by atoms with Gasteiger partial charge in [0.1, 0.15) is 0 Å². The molecule has 0 saturated heterocycles. The molecule has 0 fully saturated rings. The zero-order valence-electron chi connectivity index (χ0n) is 14.6. The molecule has 136 valence electrons. The fourth-order valence-electron chi connectivity index (χ4n) is 2.11. The van der Waals surface area contributed by atoms with Crippen molar-refractivity contribution in [2.45, 2.75) is 95.3 Å². The SMILES string of the molecule is CCCCCCCCC(OC(=O)CC(C)S)OC(=O)CC(C)S. The summed E-state index contributed by atoms with van der Waals surface area (Å²) in [6, 6.07) is 0. The number of hydrogen-bond acceptors (Lipinski definition) is 6. The van der Waals surface area contributed by atoms with Gasteiger partial charge in [0, 0.05) is 16.9 Å². The van der Waals surface area contributed by atoms with Gasteiger partial charge in [-0.1, -0.05) is 52.9 Å². The van der Waals surface area contributed by atoms with Crippen LogP contribution in [-0.4, -0.2) is 28.7 Å². The predicted octanol–water partition coefficient (Wildman–Crippen LogP) is 4.57. The zero-order chi connectivity index (χ0) is 17.7. The first-order valence-electron chi connectivity index (χ1n) is 8.60. The summed E-state index contributed by atoms with van der Waals surface area (Å²) >= 11 is 8.35. The lowest BCUT2D eigenvalue weighted by Gasteiger charge is -2.19. The van der Waals surface area contributed by atoms with Crippen molar-refractivity contribution < 1.29 is 19.1 Å². The van der Waals surface area contributed by atoms with Gasteiger partial charge in [0.05, 0.1) is 12.8 Å². The van der Waals surface area contributed by atoms with Crippen molar-refractivity contribution in [3.05, 3.63) is 0 Å². The fourth-order valence-corrected chi connectivity index (χ4v) is 2.40. The van der Waals surface area contributed by atoms with Crippen molar-refractivity contribution in [2.24, 2.45) is 0 Å². The summed E-state index contributed by atoms with van der Waals surface area (Å²) in [5, 5.41) is -0.157. The number of ether oxygens (including phenoxy) is 2. The highest BCUT2D eigenvalue weighted by molar-refractivity contribution is 7.81. The van der Waals surface area contributed by atoms with E-state index < -0.39 is 6.29 Å². The molecule has 6 heteroatoms. The van der Waals surface area contributed by atoms with E-state index in [0.29, 0.717) is 6.42 Å². The van der Waals surface area contributed by atoms with Gasteiger partial charge in [0.2, 0.25) is 6.29 Å². The number of rotatable bonds is 13. The molecule has 0 radical (unpaired) electrons. The molecule has 0 amide bonds. The van der Waals surface area contributed by atoms with Crippen LogP contribution in [0.2, 0.25) is 0 Å². The van der Waals surface area contributed by atoms with Gasteiger partial charge in [-0.15, -0.1) is 0 Å². The predicted molar refractivity (Wildman–Crippen MR) is 100 cm³/mol. The largest absolute Gasteiger partial charge is 0.425 e. The van der Waals surface area contributed by atoms with E-state index in [0.717, 1.165) is 19.3 Å². The van der Waals surface area contributed by atoms with E-state index in [9.17, 15) is 9.59 Å². The maximum Gasteiger partial charge on any atom is 0.309 e. The van der Waals surface area contributed by atoms with Crippen molar-refractivity contribution in [1.82, 2.24) is 0 Å². The third-order valence-corrected chi connectivity index (χ3v) is 3.61. The van der Waals surface area contributed by atoms with Crippen LogP contribution in [0.1, 0.15) is 78.6 Å². The van der Waals surface area contributed by atoms with Gasteiger partial charge in [-0.25, -0.2) is 0 Å². The van der Waals surface area contributed by atoms with Crippen LogP contribution in [0, 0.1) is 0 Å². The van der Waals surface area contributed by atoms with Crippen molar-refractivity contribution in [2.75, 3.05) is 0 Å². The molecule has 0 rings (SSSR count). The lowest BCUT2D eigenvalue weighted by Crippen LogP contribution is -2.26. The van der Waals surface area contributed by atoms with Crippen LogP contribution < -0.4 is 0 Å². The van der Waals surface area contributed by atoms with Crippen molar-refractivity contribution in [3.63, 3.8) is 0 Å². The molecule has 2 unspecified atom stereocenters. The molecule has 0 aromatic heterocycles. The maximum atomic E-state index is 11.8. The molecule has 2 atom stereocenters. The third kappa shape index (κ3) is 14.9. The van der Waals surface area contributed by atoms with Crippen LogP contribution in [0.5, 0.6) is 0 Å². The molecule has 0 bridgehead atoms. The van der Waals surface area contributed by atoms with Crippen LogP contribution in [0.4, 0.5) is 0 Å². The molecular formula is C17H32O4S2. The van der Waals surface area contributed by atoms with Crippen LogP contribution in [-0.2, 0) is 19.1 Å². The number of carbonyl (C=O) groups excluding carboxylic acids is 2. The first-order valence-corrected chi connectivity index (χ1v) is 9.63. The smallest absolute Gasteiger partial charge is 0.309 e. The number of esters is 2. The lowest BCUT2D eigenvalue weighted by atomic mass is 10.1. The first kappa shape index (κ1) is 22.6. The lowest BCUT2D eigenvalue weighted by molar-refractivity contribution is -0.189. The van der Waals surface area contributed by atoms with Crippen molar-refractivity contribution in [1.29, 1.82) is 0 Å². The minimum absolute atomic E-state index is 0.0784. The van der Waals surface area contributed by atoms with Crippen molar-refractivity contribution >= 4 is 37.2 Å². The normalized spacial score (nSPS) is 14.8. The summed E-state index contributed by atoms with van der Waals surface area (Å²) in [5.41, 5.74) is 0. The monoisotopic (exact) mass is 364 g/mol. The van der Waals surface area contributed by atoms with Crippen LogP contribution in [0.15, 0.2) is 0 Å². The van der Waals surface area contributed by atoms with E-state index >= 15 is 0 Å². The molecule has 0 aliphatic heterocycles. The molecule has 4 nitrogen and oxygen atoms in total. The number of hydrogen-bond donors (Lipinski definition) is 2. The Morgan fingerprint density at radius 2 is 1.26 bits per heavy atom. The summed E-state index contributed by atoms with van der Waals surface area (Å²) in [7, 11) is 0. The van der Waals surface area contributed by atoms with Crippen LogP contribution >= 0.6 is 25.3 Å². The summed E-state index contributed by atoms with van der Waals surface area (Å²) in [6.45, 7) is 5.82. The van der Waals surface area contributed by atoms with E-state index in [1.54, 1.807) is 0 Å². The standard InChI is InChI=1S/C17H32O4S2/c1-4-5-6-7-8-9-10-17(20-15(18)11-13(2)22)21-16(19)12-14(3)23/h13-14,17,22-23H,4-12H2,1-3H3. The van der Waals surface area contributed by atoms with E-state index in [4.69, 9.17) is 9.47 Å². The number of carbonyl (C=O) groups is 2. The molecule has 23 heavy (non-hydrogen) atoms. The summed E-state index contributed by atoms with van der Waals surface area (Å²) in [6.07, 6.45) is 6.92. The fraction of sp³-hybridized carbons (Fsp3) is 0.882. The van der Waals surface area contributed by atoms with Gasteiger partial charge in [-0.3, -0.25) is 9.59 Å². The molecular weight excluding hydrogens is 332 g/mol. The Morgan fingerprint density at radius 3 is 1.70 bits per heavy atom. The van der Waals surface area contributed by atoms with Crippen LogP contribution in [0.3, 0.4) is 0 Å². The quantitative estimate of drug-likeness (QED) is 0.218. The zero-order valence-corrected chi connectivity index (χ0v) is 16.4. The third-order valence-electron chi connectivity index (χ3n) is 3.24. The Morgan fingerprint density at radius 1 is 0.826 bits per heavy atom. The van der Waals surface area contributed by atoms with Gasteiger partial charge in [-0.2, -0.15) is 25.3 Å². The Kier molecular flexibility index (Phi) is 13.8. The van der Waals surface area contributed by atoms with E-state index in [-0.39, 0.29) is 35.3 Å². The van der Waals surface area contributed by atoms with Crippen molar-refractivity contribution in [3.8, 4) is 0 Å². The average Bonchev–Trinajstić information content (AvgIpc) is 2.40. The minimum Gasteiger partial charge on any atom is -0.425 e. The molecule has 0 aliphatic carbocycles. The molecule has 0 aliphatic rings. The molecule has 0 N–H and O–H groups in total. The second-order valence-corrected chi connectivity index (χ2v) is 7.84. The van der Waals surface area contributed by atoms with Crippen LogP contribution in [0.25, 0.3) is 0 Å². The molecule has 0 aromatic carbocycles. The van der Waals surface area contributed by atoms with Gasteiger partial charge in [0.25, 0.3) is 0 Å².